The van der Waals surface area contributed by atoms with Gasteiger partial charge in [0.15, 0.2) is 0 Å². The molecule has 1 aliphatic carbocycles. The van der Waals surface area contributed by atoms with Crippen LogP contribution in [-0.2, 0) is 0 Å². The van der Waals surface area contributed by atoms with Crippen LogP contribution in [0.25, 0.3) is 0 Å². The van der Waals surface area contributed by atoms with E-state index in [9.17, 15) is 0 Å². The smallest absolute Gasteiger partial charge is 0.00706 e. The molecule has 1 rings (SSSR count). The molecule has 2 unspecified atom stereocenters. The molecule has 0 aromatic carbocycles. The van der Waals surface area contributed by atoms with E-state index in [0.29, 0.717) is 0 Å². The third kappa shape index (κ3) is 1.06. The number of hydrogen-bond acceptors (Lipinski definition) is 0. The first-order valence-electron chi connectivity index (χ1n) is 3.30. The molecule has 0 bridgehead atoms. The fraction of sp³-hybridized carbons (Fsp3) is 1.00. The number of rotatable bonds is 0. The van der Waals surface area contributed by atoms with Gasteiger partial charge in [-0.3, -0.25) is 0 Å². The van der Waals surface area contributed by atoms with Crippen molar-refractivity contribution in [3.63, 3.8) is 0 Å². The van der Waals surface area contributed by atoms with Gasteiger partial charge in [-0.05, 0) is 5.92 Å². The van der Waals surface area contributed by atoms with Gasteiger partial charge in [0.25, 0.3) is 0 Å². The Morgan fingerprint density at radius 1 is 1.43 bits per heavy atom. The van der Waals surface area contributed by atoms with E-state index in [2.05, 4.69) is 6.92 Å². The molecule has 0 radical (unpaired) electrons. The normalized spacial score (nSPS) is 42.4. The van der Waals surface area contributed by atoms with Crippen molar-refractivity contribution in [2.45, 2.75) is 31.7 Å². The van der Waals surface area contributed by atoms with Gasteiger partial charge in [0.2, 0.25) is 0 Å². The van der Waals surface area contributed by atoms with E-state index >= 15 is 0 Å². The van der Waals surface area contributed by atoms with Gasteiger partial charge in [0, 0.05) is 10.2 Å². The average molecular weight is 114 g/mol. The first kappa shape index (κ1) is 5.36. The molecule has 0 spiro atoms. The van der Waals surface area contributed by atoms with E-state index in [1.807, 2.05) is 0 Å². The summed E-state index contributed by atoms with van der Waals surface area (Å²) in [7, 11) is 1.44. The highest BCUT2D eigenvalue weighted by Gasteiger charge is 2.17. The Balaban J connectivity index is 2.33. The average Bonchev–Trinajstić information content (AvgIpc) is 1.91. The van der Waals surface area contributed by atoms with Crippen LogP contribution >= 0.6 is 0 Å². The lowest BCUT2D eigenvalue weighted by molar-refractivity contribution is 0.611. The van der Waals surface area contributed by atoms with Crippen molar-refractivity contribution >= 4 is 10.2 Å². The first-order chi connectivity index (χ1) is 3.30. The predicted molar refractivity (Wildman–Crippen MR) is 36.7 cm³/mol. The quantitative estimate of drug-likeness (QED) is 0.411. The minimum absolute atomic E-state index is 1.08. The molecule has 1 saturated carbocycles. The van der Waals surface area contributed by atoms with Crippen molar-refractivity contribution in [1.82, 2.24) is 0 Å². The van der Waals surface area contributed by atoms with Gasteiger partial charge in [0.05, 0.1) is 0 Å². The molecule has 0 aliphatic heterocycles. The van der Waals surface area contributed by atoms with Crippen LogP contribution < -0.4 is 0 Å². The van der Waals surface area contributed by atoms with E-state index in [1.165, 1.54) is 29.5 Å². The predicted octanol–water partition coefficient (Wildman–Crippen LogP) is 0.960. The second kappa shape index (κ2) is 1.99. The van der Waals surface area contributed by atoms with Gasteiger partial charge < -0.3 is 0 Å². The zero-order valence-corrected chi connectivity index (χ0v) is 7.28. The van der Waals surface area contributed by atoms with E-state index in [4.69, 9.17) is 0 Å². The minimum atomic E-state index is 1.08. The second-order valence-corrected chi connectivity index (χ2v) is 4.37. The standard InChI is InChI=1S/C6H14Si/c1-5-3-2-4-6(5)7/h5-6H,2-4H2,1,7H3. The molecule has 1 heteroatoms. The Labute approximate surface area is 48.7 Å². The summed E-state index contributed by atoms with van der Waals surface area (Å²) in [6.07, 6.45) is 4.55. The molecule has 2 atom stereocenters. The molecule has 7 heavy (non-hydrogen) atoms. The van der Waals surface area contributed by atoms with Crippen molar-refractivity contribution in [2.75, 3.05) is 0 Å². The lowest BCUT2D eigenvalue weighted by Crippen LogP contribution is -1.93. The van der Waals surface area contributed by atoms with Gasteiger partial charge in [-0.1, -0.05) is 31.7 Å². The van der Waals surface area contributed by atoms with E-state index in [-0.39, 0.29) is 0 Å². The summed E-state index contributed by atoms with van der Waals surface area (Å²) < 4.78 is 0. The summed E-state index contributed by atoms with van der Waals surface area (Å²) in [5, 5.41) is 0. The molecule has 0 nitrogen and oxygen atoms in total. The Kier molecular flexibility index (Phi) is 1.52. The van der Waals surface area contributed by atoms with Gasteiger partial charge in [-0.15, -0.1) is 0 Å². The Morgan fingerprint density at radius 2 is 2.14 bits per heavy atom. The van der Waals surface area contributed by atoms with Crippen LogP contribution in [0.2, 0.25) is 5.54 Å². The third-order valence-corrected chi connectivity index (χ3v) is 4.01. The van der Waals surface area contributed by atoms with E-state index in [0.717, 1.165) is 11.5 Å². The molecular weight excluding hydrogens is 100 g/mol. The van der Waals surface area contributed by atoms with Crippen LogP contribution in [0.15, 0.2) is 0 Å². The molecule has 0 N–H and O–H groups in total. The SMILES string of the molecule is CC1CCCC1[SiH3]. The fourth-order valence-corrected chi connectivity index (χ4v) is 2.07. The van der Waals surface area contributed by atoms with Crippen molar-refractivity contribution < 1.29 is 0 Å². The van der Waals surface area contributed by atoms with Gasteiger partial charge in [0.1, 0.15) is 0 Å². The third-order valence-electron chi connectivity index (χ3n) is 2.29. The Morgan fingerprint density at radius 3 is 2.29 bits per heavy atom. The maximum absolute atomic E-state index is 2.39. The fourth-order valence-electron chi connectivity index (χ4n) is 1.33. The van der Waals surface area contributed by atoms with E-state index < -0.39 is 0 Å². The van der Waals surface area contributed by atoms with Crippen LogP contribution in [0, 0.1) is 5.92 Å². The summed E-state index contributed by atoms with van der Waals surface area (Å²) >= 11 is 0. The number of hydrogen-bond donors (Lipinski definition) is 0. The van der Waals surface area contributed by atoms with Crippen LogP contribution in [0.1, 0.15) is 26.2 Å². The summed E-state index contributed by atoms with van der Waals surface area (Å²) in [5.74, 6) is 1.08. The van der Waals surface area contributed by atoms with Crippen molar-refractivity contribution in [3.8, 4) is 0 Å². The monoisotopic (exact) mass is 114 g/mol. The molecule has 0 heterocycles. The molecule has 0 aromatic rings. The van der Waals surface area contributed by atoms with Gasteiger partial charge >= 0.3 is 0 Å². The topological polar surface area (TPSA) is 0 Å². The maximum atomic E-state index is 2.39. The summed E-state index contributed by atoms with van der Waals surface area (Å²) in [4.78, 5) is 0. The van der Waals surface area contributed by atoms with Gasteiger partial charge in [-0.25, -0.2) is 0 Å². The highest BCUT2D eigenvalue weighted by atomic mass is 28.1. The molecule has 0 saturated heterocycles. The van der Waals surface area contributed by atoms with E-state index in [1.54, 1.807) is 0 Å². The molecular formula is C6H14Si. The van der Waals surface area contributed by atoms with Crippen LogP contribution in [0.4, 0.5) is 0 Å². The summed E-state index contributed by atoms with van der Waals surface area (Å²) in [5.41, 5.74) is 1.15. The zero-order valence-electron chi connectivity index (χ0n) is 5.28. The van der Waals surface area contributed by atoms with Crippen LogP contribution in [0.3, 0.4) is 0 Å². The lowest BCUT2D eigenvalue weighted by atomic mass is 10.1. The highest BCUT2D eigenvalue weighted by Crippen LogP contribution is 2.32. The Hall–Kier alpha value is 0.217. The van der Waals surface area contributed by atoms with Crippen molar-refractivity contribution in [2.24, 2.45) is 5.92 Å². The van der Waals surface area contributed by atoms with Crippen LogP contribution in [-0.4, -0.2) is 10.2 Å². The Bertz CT molecular complexity index is 53.2. The zero-order chi connectivity index (χ0) is 5.28. The second-order valence-electron chi connectivity index (χ2n) is 2.89. The lowest BCUT2D eigenvalue weighted by Gasteiger charge is -2.04. The summed E-state index contributed by atoms with van der Waals surface area (Å²) in [6.45, 7) is 2.39. The highest BCUT2D eigenvalue weighted by molar-refractivity contribution is 6.11. The minimum Gasteiger partial charge on any atom is -0.0625 e. The molecule has 0 aromatic heterocycles. The van der Waals surface area contributed by atoms with Crippen molar-refractivity contribution in [1.29, 1.82) is 0 Å². The molecule has 1 fully saturated rings. The molecule has 0 amide bonds. The van der Waals surface area contributed by atoms with Gasteiger partial charge in [-0.2, -0.15) is 0 Å². The molecule has 1 aliphatic rings. The summed E-state index contributed by atoms with van der Waals surface area (Å²) in [6, 6.07) is 0. The first-order valence-corrected chi connectivity index (χ1v) is 4.46. The molecule has 42 valence electrons. The maximum Gasteiger partial charge on any atom is 0.00706 e. The van der Waals surface area contributed by atoms with Crippen molar-refractivity contribution in [3.05, 3.63) is 0 Å². The van der Waals surface area contributed by atoms with Crippen LogP contribution in [0.5, 0.6) is 0 Å². The largest absolute Gasteiger partial charge is 0.0625 e.